The van der Waals surface area contributed by atoms with Gasteiger partial charge in [0.05, 0.1) is 5.56 Å². The zero-order chi connectivity index (χ0) is 15.1. The van der Waals surface area contributed by atoms with Crippen LogP contribution in [-0.4, -0.2) is 23.7 Å². The number of anilines is 1. The van der Waals surface area contributed by atoms with E-state index in [4.69, 9.17) is 5.11 Å². The van der Waals surface area contributed by atoms with Gasteiger partial charge in [-0.2, -0.15) is 0 Å². The number of amides is 2. The molecule has 0 atom stereocenters. The first-order chi connectivity index (χ1) is 10.1. The first-order valence-electron chi connectivity index (χ1n) is 7.53. The van der Waals surface area contributed by atoms with Crippen LogP contribution in [0.25, 0.3) is 0 Å². The molecule has 1 aromatic carbocycles. The number of carboxylic acid groups (broad SMARTS) is 1. The summed E-state index contributed by atoms with van der Waals surface area (Å²) in [6.45, 7) is 0.662. The average Bonchev–Trinajstić information content (AvgIpc) is 2.48. The highest BCUT2D eigenvalue weighted by Gasteiger charge is 2.13. The number of hydrogen-bond acceptors (Lipinski definition) is 2. The maximum absolute atomic E-state index is 11.8. The minimum absolute atomic E-state index is 0.162. The van der Waals surface area contributed by atoms with Crippen LogP contribution in [0, 0.1) is 5.92 Å². The van der Waals surface area contributed by atoms with Crippen molar-refractivity contribution in [3.8, 4) is 0 Å². The molecule has 5 nitrogen and oxygen atoms in total. The van der Waals surface area contributed by atoms with Gasteiger partial charge in [0.15, 0.2) is 0 Å². The van der Waals surface area contributed by atoms with Crippen molar-refractivity contribution in [1.29, 1.82) is 0 Å². The van der Waals surface area contributed by atoms with E-state index in [0.29, 0.717) is 12.2 Å². The number of carbonyl (C=O) groups is 2. The zero-order valence-corrected chi connectivity index (χ0v) is 12.1. The van der Waals surface area contributed by atoms with Crippen molar-refractivity contribution in [3.63, 3.8) is 0 Å². The molecule has 0 heterocycles. The van der Waals surface area contributed by atoms with Crippen molar-refractivity contribution >= 4 is 17.7 Å². The summed E-state index contributed by atoms with van der Waals surface area (Å²) in [7, 11) is 0. The van der Waals surface area contributed by atoms with Crippen LogP contribution in [0.1, 0.15) is 48.9 Å². The fraction of sp³-hybridized carbons (Fsp3) is 0.500. The minimum atomic E-state index is -1.00. The van der Waals surface area contributed by atoms with E-state index in [9.17, 15) is 9.59 Å². The summed E-state index contributed by atoms with van der Waals surface area (Å²) in [5, 5.41) is 14.4. The van der Waals surface area contributed by atoms with Gasteiger partial charge < -0.3 is 15.7 Å². The first-order valence-corrected chi connectivity index (χ1v) is 7.53. The van der Waals surface area contributed by atoms with Gasteiger partial charge in [-0.25, -0.2) is 9.59 Å². The maximum atomic E-state index is 11.8. The lowest BCUT2D eigenvalue weighted by atomic mass is 9.87. The summed E-state index contributed by atoms with van der Waals surface area (Å²) >= 11 is 0. The highest BCUT2D eigenvalue weighted by atomic mass is 16.4. The Morgan fingerprint density at radius 2 is 1.95 bits per heavy atom. The Labute approximate surface area is 124 Å². The molecule has 114 valence electrons. The highest BCUT2D eigenvalue weighted by molar-refractivity contribution is 5.93. The van der Waals surface area contributed by atoms with Crippen molar-refractivity contribution in [2.24, 2.45) is 5.92 Å². The summed E-state index contributed by atoms with van der Waals surface area (Å²) in [4.78, 5) is 22.6. The molecule has 1 saturated carbocycles. The van der Waals surface area contributed by atoms with Crippen LogP contribution < -0.4 is 10.6 Å². The Morgan fingerprint density at radius 3 is 2.67 bits per heavy atom. The Kier molecular flexibility index (Phi) is 5.60. The van der Waals surface area contributed by atoms with E-state index in [1.165, 1.54) is 44.2 Å². The SMILES string of the molecule is O=C(NCCC1CCCCC1)Nc1cccc(C(=O)O)c1. The number of hydrogen-bond donors (Lipinski definition) is 3. The van der Waals surface area contributed by atoms with Crippen LogP contribution in [0.4, 0.5) is 10.5 Å². The molecule has 5 heteroatoms. The van der Waals surface area contributed by atoms with Gasteiger partial charge in [0.25, 0.3) is 0 Å². The molecule has 0 saturated heterocycles. The van der Waals surface area contributed by atoms with E-state index in [-0.39, 0.29) is 11.6 Å². The fourth-order valence-corrected chi connectivity index (χ4v) is 2.77. The minimum Gasteiger partial charge on any atom is -0.478 e. The molecule has 1 fully saturated rings. The van der Waals surface area contributed by atoms with Gasteiger partial charge in [-0.3, -0.25) is 0 Å². The van der Waals surface area contributed by atoms with Gasteiger partial charge in [0.2, 0.25) is 0 Å². The number of urea groups is 1. The van der Waals surface area contributed by atoms with Crippen molar-refractivity contribution in [2.45, 2.75) is 38.5 Å². The first kappa shape index (κ1) is 15.4. The molecule has 0 unspecified atom stereocenters. The summed E-state index contributed by atoms with van der Waals surface area (Å²) in [6.07, 6.45) is 7.50. The number of benzene rings is 1. The van der Waals surface area contributed by atoms with Crippen molar-refractivity contribution in [1.82, 2.24) is 5.32 Å². The monoisotopic (exact) mass is 290 g/mol. The second kappa shape index (κ2) is 7.67. The van der Waals surface area contributed by atoms with Crippen LogP contribution in [-0.2, 0) is 0 Å². The smallest absolute Gasteiger partial charge is 0.335 e. The summed E-state index contributed by atoms with van der Waals surface area (Å²) in [6, 6.07) is 5.94. The number of carboxylic acids is 1. The predicted molar refractivity (Wildman–Crippen MR) is 81.6 cm³/mol. The molecule has 0 aliphatic heterocycles. The Balaban J connectivity index is 1.73. The van der Waals surface area contributed by atoms with E-state index in [2.05, 4.69) is 10.6 Å². The molecule has 0 aromatic heterocycles. The Hall–Kier alpha value is -2.04. The fourth-order valence-electron chi connectivity index (χ4n) is 2.77. The predicted octanol–water partition coefficient (Wildman–Crippen LogP) is 3.48. The molecule has 0 spiro atoms. The van der Waals surface area contributed by atoms with Crippen molar-refractivity contribution in [2.75, 3.05) is 11.9 Å². The summed E-state index contributed by atoms with van der Waals surface area (Å²) in [5.74, 6) is -0.272. The zero-order valence-electron chi connectivity index (χ0n) is 12.1. The van der Waals surface area contributed by atoms with E-state index in [1.54, 1.807) is 12.1 Å². The molecule has 2 rings (SSSR count). The largest absolute Gasteiger partial charge is 0.478 e. The van der Waals surface area contributed by atoms with E-state index in [1.807, 2.05) is 0 Å². The van der Waals surface area contributed by atoms with E-state index in [0.717, 1.165) is 12.3 Å². The van der Waals surface area contributed by atoms with Gasteiger partial charge in [0.1, 0.15) is 0 Å². The molecule has 1 aliphatic rings. The normalized spacial score (nSPS) is 15.4. The molecule has 0 radical (unpaired) electrons. The molecule has 2 amide bonds. The Morgan fingerprint density at radius 1 is 1.19 bits per heavy atom. The van der Waals surface area contributed by atoms with Crippen molar-refractivity contribution < 1.29 is 14.7 Å². The van der Waals surface area contributed by atoms with Gasteiger partial charge in [0, 0.05) is 12.2 Å². The average molecular weight is 290 g/mol. The van der Waals surface area contributed by atoms with Gasteiger partial charge in [-0.1, -0.05) is 38.2 Å². The van der Waals surface area contributed by atoms with Crippen molar-refractivity contribution in [3.05, 3.63) is 29.8 Å². The lowest BCUT2D eigenvalue weighted by Gasteiger charge is -2.21. The molecule has 1 aromatic rings. The third-order valence-corrected chi connectivity index (χ3v) is 3.93. The van der Waals surface area contributed by atoms with Gasteiger partial charge in [-0.15, -0.1) is 0 Å². The number of aromatic carboxylic acids is 1. The molecule has 1 aliphatic carbocycles. The number of nitrogens with one attached hydrogen (secondary N) is 2. The molecule has 21 heavy (non-hydrogen) atoms. The molecule has 0 bridgehead atoms. The summed E-state index contributed by atoms with van der Waals surface area (Å²) < 4.78 is 0. The van der Waals surface area contributed by atoms with Crippen LogP contribution in [0.15, 0.2) is 24.3 Å². The van der Waals surface area contributed by atoms with Crippen LogP contribution in [0.5, 0.6) is 0 Å². The quantitative estimate of drug-likeness (QED) is 0.777. The molecule has 3 N–H and O–H groups in total. The lowest BCUT2D eigenvalue weighted by Crippen LogP contribution is -2.30. The second-order valence-electron chi connectivity index (χ2n) is 5.56. The van der Waals surface area contributed by atoms with Crippen LogP contribution >= 0.6 is 0 Å². The molecular weight excluding hydrogens is 268 g/mol. The van der Waals surface area contributed by atoms with E-state index < -0.39 is 5.97 Å². The molecular formula is C16H22N2O3. The second-order valence-corrected chi connectivity index (χ2v) is 5.56. The Bertz CT molecular complexity index is 496. The van der Waals surface area contributed by atoms with Crippen LogP contribution in [0.3, 0.4) is 0 Å². The topological polar surface area (TPSA) is 78.4 Å². The number of carbonyl (C=O) groups excluding carboxylic acids is 1. The third-order valence-electron chi connectivity index (χ3n) is 3.93. The number of rotatable bonds is 5. The third kappa shape index (κ3) is 5.10. The van der Waals surface area contributed by atoms with Gasteiger partial charge in [-0.05, 0) is 30.5 Å². The summed E-state index contributed by atoms with van der Waals surface area (Å²) in [5.41, 5.74) is 0.653. The highest BCUT2D eigenvalue weighted by Crippen LogP contribution is 2.25. The van der Waals surface area contributed by atoms with Crippen LogP contribution in [0.2, 0.25) is 0 Å². The standard InChI is InChI=1S/C16H22N2O3/c19-15(20)13-7-4-8-14(11-13)18-16(21)17-10-9-12-5-2-1-3-6-12/h4,7-8,11-12H,1-3,5-6,9-10H2,(H,19,20)(H2,17,18,21). The van der Waals surface area contributed by atoms with E-state index >= 15 is 0 Å². The van der Waals surface area contributed by atoms with Gasteiger partial charge >= 0.3 is 12.0 Å². The maximum Gasteiger partial charge on any atom is 0.335 e. The lowest BCUT2D eigenvalue weighted by molar-refractivity contribution is 0.0697.